The second kappa shape index (κ2) is 7.46. The number of nitrogens with zero attached hydrogens (tertiary/aromatic N) is 4. The number of piperazine rings is 1. The number of benzene rings is 1. The minimum atomic E-state index is -0.234. The molecule has 0 unspecified atom stereocenters. The lowest BCUT2D eigenvalue weighted by Crippen LogP contribution is -2.49. The van der Waals surface area contributed by atoms with Crippen molar-refractivity contribution in [1.29, 1.82) is 0 Å². The number of aryl methyl sites for hydroxylation is 2. The van der Waals surface area contributed by atoms with Gasteiger partial charge in [0.25, 0.3) is 5.91 Å². The molecule has 28 heavy (non-hydrogen) atoms. The zero-order valence-corrected chi connectivity index (χ0v) is 16.3. The molecule has 3 heterocycles. The quantitative estimate of drug-likeness (QED) is 0.705. The normalized spacial score (nSPS) is 14.5. The van der Waals surface area contributed by atoms with Crippen molar-refractivity contribution in [3.05, 3.63) is 70.1 Å². The number of carbonyl (C=O) groups is 1. The first-order valence-electron chi connectivity index (χ1n) is 9.68. The predicted octanol–water partition coefficient (Wildman–Crippen LogP) is 2.69. The lowest BCUT2D eigenvalue weighted by molar-refractivity contribution is 0.0745. The third-order valence-corrected chi connectivity index (χ3v) is 5.32. The second-order valence-corrected chi connectivity index (χ2v) is 7.10. The van der Waals surface area contributed by atoms with Gasteiger partial charge in [0.1, 0.15) is 11.2 Å². The topological polar surface area (TPSA) is 58.4 Å². The van der Waals surface area contributed by atoms with Crippen molar-refractivity contribution in [1.82, 2.24) is 14.5 Å². The van der Waals surface area contributed by atoms with Crippen molar-refractivity contribution in [3.8, 4) is 0 Å². The van der Waals surface area contributed by atoms with Crippen LogP contribution in [0.4, 0.5) is 5.69 Å². The minimum Gasteiger partial charge on any atom is -0.368 e. The Morgan fingerprint density at radius 2 is 1.75 bits per heavy atom. The Balaban J connectivity index is 1.60. The van der Waals surface area contributed by atoms with Gasteiger partial charge in [-0.1, -0.05) is 18.2 Å². The zero-order valence-electron chi connectivity index (χ0n) is 16.3. The summed E-state index contributed by atoms with van der Waals surface area (Å²) in [6, 6.07) is 13.8. The molecule has 0 spiro atoms. The van der Waals surface area contributed by atoms with Crippen molar-refractivity contribution in [2.45, 2.75) is 20.4 Å². The highest BCUT2D eigenvalue weighted by molar-refractivity contribution is 5.97. The smallest absolute Gasteiger partial charge is 0.259 e. The summed E-state index contributed by atoms with van der Waals surface area (Å²) in [6.45, 7) is 7.25. The molecule has 1 aromatic carbocycles. The summed E-state index contributed by atoms with van der Waals surface area (Å²) >= 11 is 0. The van der Waals surface area contributed by atoms with Gasteiger partial charge < -0.3 is 14.4 Å². The van der Waals surface area contributed by atoms with Crippen LogP contribution in [0.5, 0.6) is 0 Å². The first-order valence-corrected chi connectivity index (χ1v) is 9.68. The predicted molar refractivity (Wildman–Crippen MR) is 111 cm³/mol. The first-order chi connectivity index (χ1) is 13.6. The van der Waals surface area contributed by atoms with E-state index in [0.717, 1.165) is 24.5 Å². The summed E-state index contributed by atoms with van der Waals surface area (Å²) in [5.41, 5.74) is 2.65. The summed E-state index contributed by atoms with van der Waals surface area (Å²) in [4.78, 5) is 34.6. The van der Waals surface area contributed by atoms with Crippen LogP contribution in [0.2, 0.25) is 0 Å². The van der Waals surface area contributed by atoms with Crippen LogP contribution in [0, 0.1) is 6.92 Å². The van der Waals surface area contributed by atoms with Crippen LogP contribution in [-0.4, -0.2) is 46.5 Å². The van der Waals surface area contributed by atoms with Crippen LogP contribution >= 0.6 is 0 Å². The number of hydrogen-bond donors (Lipinski definition) is 0. The third kappa shape index (κ3) is 3.26. The van der Waals surface area contributed by atoms with E-state index in [1.807, 2.05) is 42.7 Å². The van der Waals surface area contributed by atoms with Crippen LogP contribution in [0.15, 0.2) is 53.5 Å². The SMILES string of the molecule is CCn1cc(C(=O)N2CCN(c3ccccc3)CC2)c(=O)c2ccc(C)nc21. The van der Waals surface area contributed by atoms with Gasteiger partial charge in [-0.2, -0.15) is 0 Å². The van der Waals surface area contributed by atoms with E-state index >= 15 is 0 Å². The number of amides is 1. The molecule has 1 fully saturated rings. The molecule has 0 saturated carbocycles. The van der Waals surface area contributed by atoms with E-state index in [4.69, 9.17) is 0 Å². The van der Waals surface area contributed by atoms with Gasteiger partial charge in [-0.15, -0.1) is 0 Å². The molecule has 0 radical (unpaired) electrons. The van der Waals surface area contributed by atoms with Crippen molar-refractivity contribution in [2.75, 3.05) is 31.1 Å². The highest BCUT2D eigenvalue weighted by atomic mass is 16.2. The Labute approximate surface area is 164 Å². The van der Waals surface area contributed by atoms with Crippen molar-refractivity contribution in [3.63, 3.8) is 0 Å². The molecule has 1 aliphatic rings. The molecule has 0 aliphatic carbocycles. The lowest BCUT2D eigenvalue weighted by Gasteiger charge is -2.36. The van der Waals surface area contributed by atoms with Crippen LogP contribution in [0.3, 0.4) is 0 Å². The van der Waals surface area contributed by atoms with E-state index in [9.17, 15) is 9.59 Å². The minimum absolute atomic E-state index is 0.192. The number of carbonyl (C=O) groups excluding carboxylic acids is 1. The molecule has 0 bridgehead atoms. The molecule has 0 atom stereocenters. The third-order valence-electron chi connectivity index (χ3n) is 5.32. The van der Waals surface area contributed by atoms with E-state index in [-0.39, 0.29) is 16.9 Å². The van der Waals surface area contributed by atoms with E-state index < -0.39 is 0 Å². The van der Waals surface area contributed by atoms with Crippen molar-refractivity contribution in [2.24, 2.45) is 0 Å². The molecule has 2 aromatic heterocycles. The molecule has 0 N–H and O–H groups in total. The number of fused-ring (bicyclic) bond motifs is 1. The number of rotatable bonds is 3. The zero-order chi connectivity index (χ0) is 19.7. The maximum atomic E-state index is 13.1. The Bertz CT molecular complexity index is 1070. The van der Waals surface area contributed by atoms with Gasteiger partial charge in [0.2, 0.25) is 5.43 Å². The summed E-state index contributed by atoms with van der Waals surface area (Å²) in [5, 5.41) is 0.501. The molecular formula is C22H24N4O2. The van der Waals surface area contributed by atoms with Crippen LogP contribution in [0.1, 0.15) is 23.0 Å². The number of para-hydroxylation sites is 1. The monoisotopic (exact) mass is 376 g/mol. The molecule has 4 rings (SSSR count). The molecule has 3 aromatic rings. The molecule has 6 nitrogen and oxygen atoms in total. The van der Waals surface area contributed by atoms with Gasteiger partial charge in [-0.3, -0.25) is 9.59 Å². The van der Waals surface area contributed by atoms with Gasteiger partial charge in [-0.25, -0.2) is 4.98 Å². The summed E-state index contributed by atoms with van der Waals surface area (Å²) in [6.07, 6.45) is 1.67. The molecule has 144 valence electrons. The molecule has 1 saturated heterocycles. The van der Waals surface area contributed by atoms with E-state index in [1.165, 1.54) is 0 Å². The van der Waals surface area contributed by atoms with Gasteiger partial charge in [0.05, 0.1) is 5.39 Å². The highest BCUT2D eigenvalue weighted by Gasteiger charge is 2.25. The standard InChI is InChI=1S/C22H24N4O2/c1-3-24-15-19(20(27)18-10-9-16(2)23-21(18)24)22(28)26-13-11-25(12-14-26)17-7-5-4-6-8-17/h4-10,15H,3,11-14H2,1-2H3. The fourth-order valence-electron chi connectivity index (χ4n) is 3.73. The molecule has 1 aliphatic heterocycles. The van der Waals surface area contributed by atoms with Gasteiger partial charge in [0, 0.05) is 50.3 Å². The van der Waals surface area contributed by atoms with Gasteiger partial charge in [0.15, 0.2) is 0 Å². The second-order valence-electron chi connectivity index (χ2n) is 7.10. The van der Waals surface area contributed by atoms with E-state index in [1.54, 1.807) is 17.2 Å². The average molecular weight is 376 g/mol. The Morgan fingerprint density at radius 1 is 1.04 bits per heavy atom. The summed E-state index contributed by atoms with van der Waals surface area (Å²) < 4.78 is 1.89. The molecule has 1 amide bonds. The summed E-state index contributed by atoms with van der Waals surface area (Å²) in [7, 11) is 0. The summed E-state index contributed by atoms with van der Waals surface area (Å²) in [5.74, 6) is -0.192. The van der Waals surface area contributed by atoms with E-state index in [2.05, 4.69) is 22.0 Å². The average Bonchev–Trinajstić information content (AvgIpc) is 2.74. The number of aromatic nitrogens is 2. The Kier molecular flexibility index (Phi) is 4.86. The Morgan fingerprint density at radius 3 is 2.43 bits per heavy atom. The van der Waals surface area contributed by atoms with Gasteiger partial charge in [-0.05, 0) is 38.1 Å². The van der Waals surface area contributed by atoms with Crippen LogP contribution < -0.4 is 10.3 Å². The number of anilines is 1. The number of hydrogen-bond acceptors (Lipinski definition) is 4. The van der Waals surface area contributed by atoms with Crippen molar-refractivity contribution >= 4 is 22.6 Å². The van der Waals surface area contributed by atoms with Crippen LogP contribution in [0.25, 0.3) is 11.0 Å². The molecular weight excluding hydrogens is 352 g/mol. The maximum Gasteiger partial charge on any atom is 0.259 e. The largest absolute Gasteiger partial charge is 0.368 e. The fraction of sp³-hybridized carbons (Fsp3) is 0.318. The maximum absolute atomic E-state index is 13.1. The highest BCUT2D eigenvalue weighted by Crippen LogP contribution is 2.17. The fourth-order valence-corrected chi connectivity index (χ4v) is 3.73. The van der Waals surface area contributed by atoms with E-state index in [0.29, 0.717) is 30.7 Å². The van der Waals surface area contributed by atoms with Crippen molar-refractivity contribution < 1.29 is 4.79 Å². The lowest BCUT2D eigenvalue weighted by atomic mass is 10.1. The molecule has 6 heteroatoms. The van der Waals surface area contributed by atoms with Gasteiger partial charge >= 0.3 is 0 Å². The Hall–Kier alpha value is -3.15. The first kappa shape index (κ1) is 18.2. The van der Waals surface area contributed by atoms with Crippen LogP contribution in [-0.2, 0) is 6.54 Å². The number of pyridine rings is 2.